The second-order valence-electron chi connectivity index (χ2n) is 5.41. The maximum atomic E-state index is 12.2. The lowest BCUT2D eigenvalue weighted by atomic mass is 10.1. The number of nitrogens with one attached hydrogen (secondary N) is 1. The molecule has 0 spiro atoms. The van der Waals surface area contributed by atoms with Gasteiger partial charge in [0, 0.05) is 24.3 Å². The number of aryl methyl sites for hydroxylation is 1. The monoisotopic (exact) mass is 355 g/mol. The van der Waals surface area contributed by atoms with Gasteiger partial charge in [0.1, 0.15) is 5.76 Å². The Bertz CT molecular complexity index is 784. The standard InChI is InChI=1S/C16H18ClNO4S/c1-11(5-7-13-4-3-9-22-13)18-16(19)12-6-8-14(17)15(10-12)23(2,20)21/h3-4,6,8-11H,5,7H2,1-2H3,(H,18,19). The molecule has 1 N–H and O–H groups in total. The van der Waals surface area contributed by atoms with Crippen LogP contribution in [0.4, 0.5) is 0 Å². The smallest absolute Gasteiger partial charge is 0.251 e. The molecule has 7 heteroatoms. The fourth-order valence-electron chi connectivity index (χ4n) is 2.12. The minimum Gasteiger partial charge on any atom is -0.469 e. The van der Waals surface area contributed by atoms with Crippen molar-refractivity contribution >= 4 is 27.3 Å². The van der Waals surface area contributed by atoms with Crippen molar-refractivity contribution in [3.63, 3.8) is 0 Å². The second-order valence-corrected chi connectivity index (χ2v) is 7.80. The third-order valence-electron chi connectivity index (χ3n) is 3.37. The number of furan rings is 1. The van der Waals surface area contributed by atoms with E-state index in [1.165, 1.54) is 18.2 Å². The zero-order chi connectivity index (χ0) is 17.0. The molecule has 1 atom stereocenters. The van der Waals surface area contributed by atoms with E-state index in [-0.39, 0.29) is 27.4 Å². The largest absolute Gasteiger partial charge is 0.469 e. The van der Waals surface area contributed by atoms with Gasteiger partial charge in [0.2, 0.25) is 0 Å². The Morgan fingerprint density at radius 1 is 1.35 bits per heavy atom. The van der Waals surface area contributed by atoms with Crippen LogP contribution in [0.3, 0.4) is 0 Å². The lowest BCUT2D eigenvalue weighted by Gasteiger charge is -2.14. The molecule has 1 unspecified atom stereocenters. The van der Waals surface area contributed by atoms with E-state index in [2.05, 4.69) is 5.32 Å². The maximum absolute atomic E-state index is 12.2. The Morgan fingerprint density at radius 2 is 2.09 bits per heavy atom. The van der Waals surface area contributed by atoms with Gasteiger partial charge >= 0.3 is 0 Å². The third-order valence-corrected chi connectivity index (χ3v) is 4.95. The summed E-state index contributed by atoms with van der Waals surface area (Å²) in [4.78, 5) is 12.2. The van der Waals surface area contributed by atoms with Gasteiger partial charge < -0.3 is 9.73 Å². The number of sulfone groups is 1. The topological polar surface area (TPSA) is 76.4 Å². The molecule has 2 rings (SSSR count). The van der Waals surface area contributed by atoms with E-state index in [1.54, 1.807) is 6.26 Å². The van der Waals surface area contributed by atoms with Crippen LogP contribution in [0.2, 0.25) is 5.02 Å². The first-order valence-electron chi connectivity index (χ1n) is 7.10. The van der Waals surface area contributed by atoms with Crippen LogP contribution in [0.25, 0.3) is 0 Å². The van der Waals surface area contributed by atoms with Crippen molar-refractivity contribution in [1.29, 1.82) is 0 Å². The number of hydrogen-bond acceptors (Lipinski definition) is 4. The van der Waals surface area contributed by atoms with Gasteiger partial charge in [-0.25, -0.2) is 8.42 Å². The van der Waals surface area contributed by atoms with E-state index in [9.17, 15) is 13.2 Å². The highest BCUT2D eigenvalue weighted by Gasteiger charge is 2.17. The molecule has 1 heterocycles. The molecule has 5 nitrogen and oxygen atoms in total. The zero-order valence-corrected chi connectivity index (χ0v) is 14.4. The molecular weight excluding hydrogens is 338 g/mol. The lowest BCUT2D eigenvalue weighted by Crippen LogP contribution is -2.33. The summed E-state index contributed by atoms with van der Waals surface area (Å²) >= 11 is 5.88. The van der Waals surface area contributed by atoms with Gasteiger partial charge in [-0.15, -0.1) is 0 Å². The van der Waals surface area contributed by atoms with E-state index in [4.69, 9.17) is 16.0 Å². The minimum atomic E-state index is -3.48. The van der Waals surface area contributed by atoms with Crippen LogP contribution in [-0.2, 0) is 16.3 Å². The highest BCUT2D eigenvalue weighted by Crippen LogP contribution is 2.22. The van der Waals surface area contributed by atoms with E-state index < -0.39 is 9.84 Å². The zero-order valence-electron chi connectivity index (χ0n) is 12.9. The molecule has 1 aromatic carbocycles. The lowest BCUT2D eigenvalue weighted by molar-refractivity contribution is 0.0938. The van der Waals surface area contributed by atoms with Gasteiger partial charge in [-0.3, -0.25) is 4.79 Å². The molecule has 124 valence electrons. The summed E-state index contributed by atoms with van der Waals surface area (Å²) in [7, 11) is -3.48. The van der Waals surface area contributed by atoms with Crippen LogP contribution in [0.1, 0.15) is 29.5 Å². The molecule has 0 aliphatic heterocycles. The highest BCUT2D eigenvalue weighted by atomic mass is 35.5. The highest BCUT2D eigenvalue weighted by molar-refractivity contribution is 7.90. The van der Waals surface area contributed by atoms with Crippen LogP contribution in [0, 0.1) is 0 Å². The number of rotatable bonds is 6. The Labute approximate surface area is 140 Å². The summed E-state index contributed by atoms with van der Waals surface area (Å²) in [5.41, 5.74) is 0.264. The molecule has 23 heavy (non-hydrogen) atoms. The molecule has 0 saturated heterocycles. The van der Waals surface area contributed by atoms with Crippen LogP contribution >= 0.6 is 11.6 Å². The number of carbonyl (C=O) groups excluding carboxylic acids is 1. The fraction of sp³-hybridized carbons (Fsp3) is 0.312. The maximum Gasteiger partial charge on any atom is 0.251 e. The SMILES string of the molecule is CC(CCc1ccco1)NC(=O)c1ccc(Cl)c(S(C)(=O)=O)c1. The van der Waals surface area contributed by atoms with Crippen LogP contribution in [-0.4, -0.2) is 26.6 Å². The normalized spacial score (nSPS) is 12.8. The average molecular weight is 356 g/mol. The summed E-state index contributed by atoms with van der Waals surface area (Å²) in [5, 5.41) is 2.94. The molecule has 0 aliphatic carbocycles. The average Bonchev–Trinajstić information content (AvgIpc) is 2.97. The number of halogens is 1. The number of amides is 1. The Kier molecular flexibility index (Phi) is 5.49. The first kappa shape index (κ1) is 17.6. The Hall–Kier alpha value is -1.79. The van der Waals surface area contributed by atoms with Crippen molar-refractivity contribution in [3.8, 4) is 0 Å². The summed E-state index contributed by atoms with van der Waals surface area (Å²) in [5.74, 6) is 0.524. The van der Waals surface area contributed by atoms with Crippen molar-refractivity contribution in [2.75, 3.05) is 6.26 Å². The van der Waals surface area contributed by atoms with Crippen LogP contribution in [0.15, 0.2) is 45.9 Å². The third kappa shape index (κ3) is 4.84. The molecule has 1 amide bonds. The predicted octanol–water partition coefficient (Wildman–Crippen LogP) is 3.09. The molecule has 0 radical (unpaired) electrons. The first-order chi connectivity index (χ1) is 10.8. The van der Waals surface area contributed by atoms with Crippen molar-refractivity contribution in [2.45, 2.75) is 30.7 Å². The molecule has 0 fully saturated rings. The van der Waals surface area contributed by atoms with Gasteiger partial charge in [0.15, 0.2) is 9.84 Å². The summed E-state index contributed by atoms with van der Waals surface area (Å²) in [6.45, 7) is 1.88. The van der Waals surface area contributed by atoms with Gasteiger partial charge in [-0.1, -0.05) is 11.6 Å². The van der Waals surface area contributed by atoms with Gasteiger partial charge in [-0.05, 0) is 43.7 Å². The van der Waals surface area contributed by atoms with Gasteiger partial charge in [0.05, 0.1) is 16.2 Å². The summed E-state index contributed by atoms with van der Waals surface area (Å²) in [6, 6.07) is 7.84. The summed E-state index contributed by atoms with van der Waals surface area (Å²) in [6.07, 6.45) is 4.09. The van der Waals surface area contributed by atoms with Gasteiger partial charge in [0.25, 0.3) is 5.91 Å². The van der Waals surface area contributed by atoms with Crippen molar-refractivity contribution in [1.82, 2.24) is 5.32 Å². The number of benzene rings is 1. The Balaban J connectivity index is 2.03. The summed E-state index contributed by atoms with van der Waals surface area (Å²) < 4.78 is 28.6. The number of carbonyl (C=O) groups is 1. The van der Waals surface area contributed by atoms with Gasteiger partial charge in [-0.2, -0.15) is 0 Å². The first-order valence-corrected chi connectivity index (χ1v) is 9.37. The van der Waals surface area contributed by atoms with E-state index in [0.29, 0.717) is 12.8 Å². The van der Waals surface area contributed by atoms with E-state index in [0.717, 1.165) is 12.0 Å². The molecule has 0 aliphatic rings. The van der Waals surface area contributed by atoms with E-state index in [1.807, 2.05) is 19.1 Å². The molecular formula is C16H18ClNO4S. The predicted molar refractivity (Wildman–Crippen MR) is 88.5 cm³/mol. The Morgan fingerprint density at radius 3 is 2.70 bits per heavy atom. The van der Waals surface area contributed by atoms with Crippen LogP contribution < -0.4 is 5.32 Å². The minimum absolute atomic E-state index is 0.0462. The van der Waals surface area contributed by atoms with Crippen molar-refractivity contribution in [2.24, 2.45) is 0 Å². The molecule has 0 bridgehead atoms. The van der Waals surface area contributed by atoms with Crippen molar-refractivity contribution < 1.29 is 17.6 Å². The fourth-order valence-corrected chi connectivity index (χ4v) is 3.42. The second kappa shape index (κ2) is 7.19. The number of hydrogen-bond donors (Lipinski definition) is 1. The quantitative estimate of drug-likeness (QED) is 0.863. The van der Waals surface area contributed by atoms with E-state index >= 15 is 0 Å². The molecule has 2 aromatic rings. The molecule has 0 saturated carbocycles. The van der Waals surface area contributed by atoms with Crippen LogP contribution in [0.5, 0.6) is 0 Å². The molecule has 1 aromatic heterocycles. The van der Waals surface area contributed by atoms with Crippen molar-refractivity contribution in [3.05, 3.63) is 52.9 Å².